The van der Waals surface area contributed by atoms with Gasteiger partial charge in [0.2, 0.25) is 10.0 Å². The largest absolute Gasteiger partial charge is 0.494 e. The fourth-order valence-electron chi connectivity index (χ4n) is 3.08. The molecule has 0 fully saturated rings. The molecule has 2 aromatic carbocycles. The third kappa shape index (κ3) is 4.23. The number of primary sulfonamides is 1. The number of aromatic nitrogens is 5. The Kier molecular flexibility index (Phi) is 5.74. The maximum absolute atomic E-state index is 13.9. The normalized spacial score (nSPS) is 11.6. The summed E-state index contributed by atoms with van der Waals surface area (Å²) in [6.45, 7) is 0.248. The Balaban J connectivity index is 1.86. The van der Waals surface area contributed by atoms with Gasteiger partial charge < -0.3 is 9.84 Å². The Morgan fingerprint density at radius 1 is 1.16 bits per heavy atom. The summed E-state index contributed by atoms with van der Waals surface area (Å²) in [5.74, 6) is 0.226. The Morgan fingerprint density at radius 3 is 2.56 bits per heavy atom. The van der Waals surface area contributed by atoms with Gasteiger partial charge in [0.15, 0.2) is 23.2 Å². The highest BCUT2D eigenvalue weighted by atomic mass is 32.2. The van der Waals surface area contributed by atoms with Crippen molar-refractivity contribution < 1.29 is 22.7 Å². The van der Waals surface area contributed by atoms with E-state index in [-0.39, 0.29) is 17.3 Å². The number of sulfonamides is 1. The number of ether oxygens (including phenoxy) is 1. The van der Waals surface area contributed by atoms with Crippen molar-refractivity contribution >= 4 is 10.0 Å². The van der Waals surface area contributed by atoms with E-state index in [4.69, 9.17) is 15.0 Å². The number of methoxy groups -OCH3 is 1. The molecule has 0 unspecified atom stereocenters. The molecule has 32 heavy (non-hydrogen) atoms. The van der Waals surface area contributed by atoms with Gasteiger partial charge in [0.05, 0.1) is 42.6 Å². The van der Waals surface area contributed by atoms with Crippen LogP contribution in [-0.2, 0) is 16.6 Å². The molecule has 0 spiro atoms. The molecule has 0 amide bonds. The Bertz CT molecular complexity index is 1370. The lowest BCUT2D eigenvalue weighted by Gasteiger charge is -2.08. The molecule has 10 nitrogen and oxygen atoms in total. The lowest BCUT2D eigenvalue weighted by Crippen LogP contribution is -2.12. The molecule has 0 aliphatic rings. The highest BCUT2D eigenvalue weighted by Crippen LogP contribution is 2.29. The van der Waals surface area contributed by atoms with E-state index in [0.717, 1.165) is 0 Å². The van der Waals surface area contributed by atoms with Crippen molar-refractivity contribution in [2.24, 2.45) is 5.14 Å². The summed E-state index contributed by atoms with van der Waals surface area (Å²) in [6.07, 6.45) is 3.25. The van der Waals surface area contributed by atoms with Gasteiger partial charge in [-0.1, -0.05) is 0 Å². The van der Waals surface area contributed by atoms with Gasteiger partial charge in [0.1, 0.15) is 0 Å². The number of hydrogen-bond acceptors (Lipinski definition) is 7. The zero-order valence-corrected chi connectivity index (χ0v) is 17.7. The van der Waals surface area contributed by atoms with Crippen LogP contribution in [0.15, 0.2) is 59.8 Å². The molecule has 0 atom stereocenters. The summed E-state index contributed by atoms with van der Waals surface area (Å²) in [5, 5.41) is 23.0. The second kappa shape index (κ2) is 8.49. The van der Waals surface area contributed by atoms with Gasteiger partial charge in [-0.15, -0.1) is 5.10 Å². The number of nitrogens with zero attached hydrogens (tertiary/aromatic N) is 5. The Labute approximate surface area is 182 Å². The second-order valence-electron chi connectivity index (χ2n) is 6.77. The molecule has 0 aliphatic heterocycles. The smallest absolute Gasteiger partial charge is 0.238 e. The predicted molar refractivity (Wildman–Crippen MR) is 113 cm³/mol. The van der Waals surface area contributed by atoms with E-state index in [0.29, 0.717) is 35.0 Å². The van der Waals surface area contributed by atoms with Crippen LogP contribution in [0.1, 0.15) is 0 Å². The lowest BCUT2D eigenvalue weighted by molar-refractivity contribution is 0.269. The summed E-state index contributed by atoms with van der Waals surface area (Å²) in [5.41, 5.74) is 1.64. The van der Waals surface area contributed by atoms with Crippen molar-refractivity contribution in [3.8, 4) is 34.2 Å². The summed E-state index contributed by atoms with van der Waals surface area (Å²) < 4.78 is 45.2. The second-order valence-corrected chi connectivity index (χ2v) is 8.34. The van der Waals surface area contributed by atoms with Gasteiger partial charge in [-0.25, -0.2) is 27.6 Å². The third-order valence-corrected chi connectivity index (χ3v) is 5.58. The average molecular weight is 458 g/mol. The van der Waals surface area contributed by atoms with Crippen molar-refractivity contribution in [1.82, 2.24) is 24.5 Å². The van der Waals surface area contributed by atoms with Crippen molar-refractivity contribution in [3.05, 3.63) is 60.7 Å². The first-order chi connectivity index (χ1) is 15.3. The fraction of sp³-hybridized carbons (Fsp3) is 0.150. The minimum Gasteiger partial charge on any atom is -0.494 e. The number of halogens is 1. The zero-order valence-electron chi connectivity index (χ0n) is 16.9. The molecular formula is C20H19FN6O4S. The maximum Gasteiger partial charge on any atom is 0.238 e. The van der Waals surface area contributed by atoms with Crippen LogP contribution >= 0.6 is 0 Å². The van der Waals surface area contributed by atoms with Crippen molar-refractivity contribution in [2.45, 2.75) is 11.4 Å². The minimum absolute atomic E-state index is 0.0407. The highest BCUT2D eigenvalue weighted by molar-refractivity contribution is 7.89. The maximum atomic E-state index is 13.9. The first-order valence-electron chi connectivity index (χ1n) is 9.38. The van der Waals surface area contributed by atoms with E-state index in [1.165, 1.54) is 54.3 Å². The predicted octanol–water partition coefficient (Wildman–Crippen LogP) is 1.59. The van der Waals surface area contributed by atoms with E-state index < -0.39 is 15.8 Å². The first kappa shape index (κ1) is 21.6. The molecular weight excluding hydrogens is 439 g/mol. The molecule has 0 aliphatic carbocycles. The van der Waals surface area contributed by atoms with Gasteiger partial charge in [0, 0.05) is 11.8 Å². The lowest BCUT2D eigenvalue weighted by atomic mass is 10.2. The van der Waals surface area contributed by atoms with Crippen molar-refractivity contribution in [1.29, 1.82) is 0 Å². The summed E-state index contributed by atoms with van der Waals surface area (Å²) in [4.78, 5) is 4.55. The van der Waals surface area contributed by atoms with Crippen LogP contribution < -0.4 is 9.88 Å². The van der Waals surface area contributed by atoms with E-state index in [9.17, 15) is 12.8 Å². The summed E-state index contributed by atoms with van der Waals surface area (Å²) in [7, 11) is -2.49. The number of rotatable bonds is 7. The Hall–Kier alpha value is -3.61. The summed E-state index contributed by atoms with van der Waals surface area (Å²) in [6, 6.07) is 10.1. The standard InChI is InChI=1S/C20H19FN6O4S/c1-31-18-10-13(2-7-17(18)21)20-24-19(14-11-23-26(12-14)8-9-28)25-27(20)15-3-5-16(6-4-15)32(22,29)30/h2-7,10-12,28H,8-9H2,1H3,(H2,22,29,30). The molecule has 0 saturated carbocycles. The van der Waals surface area contributed by atoms with E-state index in [1.807, 2.05) is 0 Å². The van der Waals surface area contributed by atoms with Crippen LogP contribution in [-0.4, -0.2) is 51.8 Å². The number of benzene rings is 2. The molecule has 4 aromatic rings. The SMILES string of the molecule is COc1cc(-c2nc(-c3cnn(CCO)c3)nn2-c2ccc(S(N)(=O)=O)cc2)ccc1F. The minimum atomic E-state index is -3.85. The van der Waals surface area contributed by atoms with Crippen molar-refractivity contribution in [2.75, 3.05) is 13.7 Å². The fourth-order valence-corrected chi connectivity index (χ4v) is 3.60. The number of nitrogens with two attached hydrogens (primary N) is 1. The van der Waals surface area contributed by atoms with Crippen LogP contribution in [0.2, 0.25) is 0 Å². The molecule has 2 heterocycles. The van der Waals surface area contributed by atoms with Gasteiger partial charge >= 0.3 is 0 Å². The van der Waals surface area contributed by atoms with Gasteiger partial charge in [-0.2, -0.15) is 5.10 Å². The molecule has 12 heteroatoms. The molecule has 0 bridgehead atoms. The molecule has 166 valence electrons. The topological polar surface area (TPSA) is 138 Å². The van der Waals surface area contributed by atoms with E-state index in [2.05, 4.69) is 15.2 Å². The molecule has 0 saturated heterocycles. The van der Waals surface area contributed by atoms with Crippen LogP contribution in [0, 0.1) is 5.82 Å². The van der Waals surface area contributed by atoms with Crippen LogP contribution in [0.4, 0.5) is 4.39 Å². The van der Waals surface area contributed by atoms with Crippen molar-refractivity contribution in [3.63, 3.8) is 0 Å². The Morgan fingerprint density at radius 2 is 1.91 bits per heavy atom. The molecule has 2 aromatic heterocycles. The quantitative estimate of drug-likeness (QED) is 0.429. The van der Waals surface area contributed by atoms with E-state index in [1.54, 1.807) is 17.1 Å². The van der Waals surface area contributed by atoms with Gasteiger partial charge in [0.25, 0.3) is 0 Å². The van der Waals surface area contributed by atoms with E-state index >= 15 is 0 Å². The zero-order chi connectivity index (χ0) is 22.9. The van der Waals surface area contributed by atoms with Crippen LogP contribution in [0.5, 0.6) is 5.75 Å². The highest BCUT2D eigenvalue weighted by Gasteiger charge is 2.18. The molecule has 4 rings (SSSR count). The first-order valence-corrected chi connectivity index (χ1v) is 10.9. The number of aliphatic hydroxyl groups is 1. The molecule has 3 N–H and O–H groups in total. The summed E-state index contributed by atoms with van der Waals surface area (Å²) >= 11 is 0. The molecule has 0 radical (unpaired) electrons. The monoisotopic (exact) mass is 458 g/mol. The van der Waals surface area contributed by atoms with Gasteiger partial charge in [-0.05, 0) is 42.5 Å². The van der Waals surface area contributed by atoms with Crippen LogP contribution in [0.25, 0.3) is 28.5 Å². The van der Waals surface area contributed by atoms with Gasteiger partial charge in [-0.3, -0.25) is 4.68 Å². The number of aliphatic hydroxyl groups excluding tert-OH is 1. The van der Waals surface area contributed by atoms with Crippen LogP contribution in [0.3, 0.4) is 0 Å². The average Bonchev–Trinajstić information content (AvgIpc) is 3.41. The third-order valence-electron chi connectivity index (χ3n) is 4.65. The number of hydrogen-bond donors (Lipinski definition) is 2.